The van der Waals surface area contributed by atoms with E-state index in [-0.39, 0.29) is 17.9 Å². The van der Waals surface area contributed by atoms with Crippen LogP contribution < -0.4 is 0 Å². The molecule has 0 radical (unpaired) electrons. The molecule has 130 valence electrons. The van der Waals surface area contributed by atoms with Crippen LogP contribution in [0.1, 0.15) is 36.5 Å². The topological polar surface area (TPSA) is 81.6 Å². The minimum Gasteiger partial charge on any atom is -0.460 e. The van der Waals surface area contributed by atoms with E-state index in [9.17, 15) is 4.79 Å². The maximum Gasteiger partial charge on any atom is 0.246 e. The Bertz CT molecular complexity index is 868. The van der Waals surface area contributed by atoms with Crippen LogP contribution in [0.25, 0.3) is 11.0 Å². The van der Waals surface area contributed by atoms with E-state index in [1.54, 1.807) is 11.8 Å². The zero-order valence-corrected chi connectivity index (χ0v) is 14.1. The molecule has 1 aliphatic rings. The molecule has 0 saturated carbocycles. The Morgan fingerprint density at radius 3 is 2.88 bits per heavy atom. The number of nitrogens with zero attached hydrogens (tertiary/aromatic N) is 3. The third-order valence-corrected chi connectivity index (χ3v) is 4.44. The Morgan fingerprint density at radius 1 is 1.28 bits per heavy atom. The number of carbonyl (C=O) groups excluding carboxylic acids is 1. The smallest absolute Gasteiger partial charge is 0.246 e. The molecule has 0 aliphatic carbocycles. The van der Waals surface area contributed by atoms with Crippen LogP contribution in [-0.4, -0.2) is 40.7 Å². The molecule has 7 heteroatoms. The molecule has 0 unspecified atom stereocenters. The highest BCUT2D eigenvalue weighted by Gasteiger charge is 2.32. The van der Waals surface area contributed by atoms with Gasteiger partial charge in [0.2, 0.25) is 17.7 Å². The van der Waals surface area contributed by atoms with E-state index in [1.807, 2.05) is 37.3 Å². The summed E-state index contributed by atoms with van der Waals surface area (Å²) in [5, 5.41) is 8.82. The first kappa shape index (κ1) is 15.8. The number of carbonyl (C=O) groups is 1. The van der Waals surface area contributed by atoms with Crippen molar-refractivity contribution in [2.45, 2.75) is 25.9 Å². The molecular formula is C18H19N3O4. The van der Waals surface area contributed by atoms with Crippen LogP contribution in [0.5, 0.6) is 0 Å². The van der Waals surface area contributed by atoms with Crippen molar-refractivity contribution in [1.29, 1.82) is 0 Å². The Labute approximate surface area is 144 Å². The summed E-state index contributed by atoms with van der Waals surface area (Å²) in [4.78, 5) is 14.7. The first-order valence-corrected chi connectivity index (χ1v) is 8.30. The van der Waals surface area contributed by atoms with Crippen LogP contribution in [0.15, 0.2) is 39.2 Å². The van der Waals surface area contributed by atoms with Crippen LogP contribution in [0, 0.1) is 6.92 Å². The number of furan rings is 1. The molecule has 3 heterocycles. The molecule has 0 bridgehead atoms. The first-order chi connectivity index (χ1) is 12.1. The average molecular weight is 341 g/mol. The summed E-state index contributed by atoms with van der Waals surface area (Å²) in [6, 6.07) is 9.67. The average Bonchev–Trinajstić information content (AvgIpc) is 3.26. The predicted molar refractivity (Wildman–Crippen MR) is 88.9 cm³/mol. The summed E-state index contributed by atoms with van der Waals surface area (Å²) in [5.41, 5.74) is 0.790. The second kappa shape index (κ2) is 6.33. The summed E-state index contributed by atoms with van der Waals surface area (Å²) in [5.74, 6) is 1.20. The highest BCUT2D eigenvalue weighted by atomic mass is 16.5. The maximum atomic E-state index is 12.9. The van der Waals surface area contributed by atoms with Gasteiger partial charge in [0.1, 0.15) is 11.3 Å². The zero-order chi connectivity index (χ0) is 17.4. The molecule has 1 amide bonds. The molecule has 1 aromatic carbocycles. The van der Waals surface area contributed by atoms with E-state index in [2.05, 4.69) is 10.2 Å². The van der Waals surface area contributed by atoms with Gasteiger partial charge in [-0.3, -0.25) is 4.79 Å². The van der Waals surface area contributed by atoms with Crippen molar-refractivity contribution in [2.24, 2.45) is 0 Å². The summed E-state index contributed by atoms with van der Waals surface area (Å²) in [7, 11) is 0. The lowest BCUT2D eigenvalue weighted by Crippen LogP contribution is -2.44. The standard InChI is InChI=1S/C18H19N3O4/c1-11(15-9-13-5-3-4-6-14(13)25-15)18(22)21-7-8-23-16(10-21)17-20-19-12(2)24-17/h3-6,9,11,16H,7-8,10H2,1-2H3/t11-,16+/m1/s1. The maximum absolute atomic E-state index is 12.9. The molecule has 2 aromatic heterocycles. The van der Waals surface area contributed by atoms with Gasteiger partial charge in [-0.1, -0.05) is 18.2 Å². The number of rotatable bonds is 3. The normalized spacial score (nSPS) is 19.3. The van der Waals surface area contributed by atoms with Gasteiger partial charge in [-0.05, 0) is 19.1 Å². The number of aryl methyl sites for hydroxylation is 1. The van der Waals surface area contributed by atoms with Gasteiger partial charge in [0.15, 0.2) is 6.10 Å². The molecule has 7 nitrogen and oxygen atoms in total. The summed E-state index contributed by atoms with van der Waals surface area (Å²) >= 11 is 0. The second-order valence-corrected chi connectivity index (χ2v) is 6.21. The number of hydrogen-bond donors (Lipinski definition) is 0. The number of para-hydroxylation sites is 1. The SMILES string of the molecule is Cc1nnc([C@@H]2CN(C(=O)[C@H](C)c3cc4ccccc4o3)CCO2)o1. The highest BCUT2D eigenvalue weighted by Crippen LogP contribution is 2.28. The van der Waals surface area contributed by atoms with Crippen LogP contribution in [0.4, 0.5) is 0 Å². The van der Waals surface area contributed by atoms with Crippen LogP contribution in [-0.2, 0) is 9.53 Å². The minimum atomic E-state index is -0.387. The van der Waals surface area contributed by atoms with Gasteiger partial charge in [0.05, 0.1) is 19.1 Å². The Hall–Kier alpha value is -2.67. The van der Waals surface area contributed by atoms with Gasteiger partial charge >= 0.3 is 0 Å². The van der Waals surface area contributed by atoms with Crippen molar-refractivity contribution < 1.29 is 18.4 Å². The number of amides is 1. The Kier molecular flexibility index (Phi) is 4.01. The van der Waals surface area contributed by atoms with Crippen LogP contribution in [0.2, 0.25) is 0 Å². The van der Waals surface area contributed by atoms with Crippen molar-refractivity contribution in [2.75, 3.05) is 19.7 Å². The van der Waals surface area contributed by atoms with Gasteiger partial charge in [-0.25, -0.2) is 0 Å². The fraction of sp³-hybridized carbons (Fsp3) is 0.389. The number of benzene rings is 1. The summed E-state index contributed by atoms with van der Waals surface area (Å²) in [6.45, 7) is 4.95. The molecule has 0 N–H and O–H groups in total. The minimum absolute atomic E-state index is 0.00333. The number of aromatic nitrogens is 2. The largest absolute Gasteiger partial charge is 0.460 e. The van der Waals surface area contributed by atoms with Crippen molar-refractivity contribution >= 4 is 16.9 Å². The lowest BCUT2D eigenvalue weighted by molar-refractivity contribution is -0.141. The van der Waals surface area contributed by atoms with E-state index in [1.165, 1.54) is 0 Å². The van der Waals surface area contributed by atoms with E-state index in [0.717, 1.165) is 11.0 Å². The predicted octanol–water partition coefficient (Wildman–Crippen LogP) is 2.83. The quantitative estimate of drug-likeness (QED) is 0.728. The van der Waals surface area contributed by atoms with E-state index < -0.39 is 0 Å². The molecule has 4 rings (SSSR count). The number of fused-ring (bicyclic) bond motifs is 1. The van der Waals surface area contributed by atoms with E-state index in [0.29, 0.717) is 37.2 Å². The third kappa shape index (κ3) is 3.02. The molecule has 3 aromatic rings. The van der Waals surface area contributed by atoms with Gasteiger partial charge in [-0.15, -0.1) is 10.2 Å². The lowest BCUT2D eigenvalue weighted by atomic mass is 10.1. The van der Waals surface area contributed by atoms with Gasteiger partial charge < -0.3 is 18.5 Å². The van der Waals surface area contributed by atoms with Crippen molar-refractivity contribution in [3.8, 4) is 0 Å². The number of hydrogen-bond acceptors (Lipinski definition) is 6. The molecule has 1 fully saturated rings. The van der Waals surface area contributed by atoms with Gasteiger partial charge in [0.25, 0.3) is 0 Å². The first-order valence-electron chi connectivity index (χ1n) is 8.30. The molecular weight excluding hydrogens is 322 g/mol. The molecule has 1 saturated heterocycles. The van der Waals surface area contributed by atoms with Crippen LogP contribution in [0.3, 0.4) is 0 Å². The monoisotopic (exact) mass is 341 g/mol. The van der Waals surface area contributed by atoms with E-state index in [4.69, 9.17) is 13.6 Å². The van der Waals surface area contributed by atoms with Crippen molar-refractivity contribution in [3.63, 3.8) is 0 Å². The Balaban J connectivity index is 1.51. The highest BCUT2D eigenvalue weighted by molar-refractivity contribution is 5.85. The summed E-state index contributed by atoms with van der Waals surface area (Å²) in [6.07, 6.45) is -0.387. The third-order valence-electron chi connectivity index (χ3n) is 4.44. The fourth-order valence-electron chi connectivity index (χ4n) is 3.05. The fourth-order valence-corrected chi connectivity index (χ4v) is 3.05. The van der Waals surface area contributed by atoms with E-state index >= 15 is 0 Å². The molecule has 2 atom stereocenters. The second-order valence-electron chi connectivity index (χ2n) is 6.21. The van der Waals surface area contributed by atoms with Gasteiger partial charge in [-0.2, -0.15) is 0 Å². The number of ether oxygens (including phenoxy) is 1. The zero-order valence-electron chi connectivity index (χ0n) is 14.1. The Morgan fingerprint density at radius 2 is 2.12 bits per heavy atom. The molecule has 25 heavy (non-hydrogen) atoms. The molecule has 0 spiro atoms. The van der Waals surface area contributed by atoms with Crippen molar-refractivity contribution in [1.82, 2.24) is 15.1 Å². The lowest BCUT2D eigenvalue weighted by Gasteiger charge is -2.32. The number of morpholine rings is 1. The molecule has 1 aliphatic heterocycles. The summed E-state index contributed by atoms with van der Waals surface area (Å²) < 4.78 is 16.9. The van der Waals surface area contributed by atoms with Crippen molar-refractivity contribution in [3.05, 3.63) is 47.9 Å². The van der Waals surface area contributed by atoms with Crippen LogP contribution >= 0.6 is 0 Å². The van der Waals surface area contributed by atoms with Gasteiger partial charge in [0, 0.05) is 18.9 Å².